The van der Waals surface area contributed by atoms with Crippen molar-refractivity contribution >= 4 is 5.78 Å². The molecule has 0 heterocycles. The molecule has 1 heteroatoms. The molecular formula is C14H12O. The highest BCUT2D eigenvalue weighted by molar-refractivity contribution is 6.04. The predicted molar refractivity (Wildman–Crippen MR) is 60.0 cm³/mol. The summed E-state index contributed by atoms with van der Waals surface area (Å²) >= 11 is 0. The van der Waals surface area contributed by atoms with E-state index in [-0.39, 0.29) is 17.6 Å². The van der Waals surface area contributed by atoms with Crippen molar-refractivity contribution in [2.45, 2.75) is 12.8 Å². The first-order chi connectivity index (χ1) is 7.27. The van der Waals surface area contributed by atoms with Crippen molar-refractivity contribution in [1.29, 1.82) is 0 Å². The minimum absolute atomic E-state index is 0.0480. The van der Waals surface area contributed by atoms with Gasteiger partial charge in [-0.3, -0.25) is 4.79 Å². The van der Waals surface area contributed by atoms with Gasteiger partial charge in [0.1, 0.15) is 0 Å². The van der Waals surface area contributed by atoms with Crippen LogP contribution in [0.15, 0.2) is 42.5 Å². The second-order valence-electron chi connectivity index (χ2n) is 4.28. The SMILES string of the molecule is Cc1ccc2c(c1)C1C=CC=CC1C2=O. The van der Waals surface area contributed by atoms with Crippen LogP contribution in [-0.2, 0) is 0 Å². The quantitative estimate of drug-likeness (QED) is 0.623. The van der Waals surface area contributed by atoms with Crippen LogP contribution in [-0.4, -0.2) is 5.78 Å². The third-order valence-corrected chi connectivity index (χ3v) is 3.27. The van der Waals surface area contributed by atoms with Gasteiger partial charge in [0.25, 0.3) is 0 Å². The van der Waals surface area contributed by atoms with E-state index in [2.05, 4.69) is 19.1 Å². The van der Waals surface area contributed by atoms with Gasteiger partial charge in [0.15, 0.2) is 5.78 Å². The molecule has 0 radical (unpaired) electrons. The highest BCUT2D eigenvalue weighted by atomic mass is 16.1. The number of carbonyl (C=O) groups excluding carboxylic acids is 1. The number of hydrogen-bond acceptors (Lipinski definition) is 1. The zero-order valence-electron chi connectivity index (χ0n) is 8.60. The largest absolute Gasteiger partial charge is 0.293 e. The van der Waals surface area contributed by atoms with Crippen LogP contribution in [0.4, 0.5) is 0 Å². The lowest BCUT2D eigenvalue weighted by Gasteiger charge is -2.14. The van der Waals surface area contributed by atoms with Gasteiger partial charge in [0.05, 0.1) is 5.92 Å². The summed E-state index contributed by atoms with van der Waals surface area (Å²) in [5, 5.41) is 0. The third kappa shape index (κ3) is 1.13. The molecule has 2 atom stereocenters. The molecule has 15 heavy (non-hydrogen) atoms. The number of carbonyl (C=O) groups is 1. The molecular weight excluding hydrogens is 184 g/mol. The average Bonchev–Trinajstić information content (AvgIpc) is 2.54. The molecule has 0 N–H and O–H groups in total. The van der Waals surface area contributed by atoms with Gasteiger partial charge in [-0.25, -0.2) is 0 Å². The van der Waals surface area contributed by atoms with Crippen LogP contribution in [0.1, 0.15) is 27.4 Å². The molecule has 0 spiro atoms. The highest BCUT2D eigenvalue weighted by Gasteiger charge is 2.37. The minimum atomic E-state index is 0.0480. The van der Waals surface area contributed by atoms with Crippen molar-refractivity contribution in [2.24, 2.45) is 5.92 Å². The van der Waals surface area contributed by atoms with E-state index in [0.29, 0.717) is 0 Å². The standard InChI is InChI=1S/C14H12O/c1-9-6-7-12-13(8-9)10-4-2-3-5-11(10)14(12)15/h2-8,10-11H,1H3. The van der Waals surface area contributed by atoms with Crippen LogP contribution in [0.2, 0.25) is 0 Å². The molecule has 2 aliphatic rings. The fourth-order valence-electron chi connectivity index (χ4n) is 2.52. The van der Waals surface area contributed by atoms with Crippen LogP contribution in [0.5, 0.6) is 0 Å². The second kappa shape index (κ2) is 2.93. The van der Waals surface area contributed by atoms with Gasteiger partial charge in [-0.1, -0.05) is 48.1 Å². The number of benzene rings is 1. The Labute approximate surface area is 89.1 Å². The van der Waals surface area contributed by atoms with Crippen molar-refractivity contribution in [1.82, 2.24) is 0 Å². The van der Waals surface area contributed by atoms with E-state index in [1.807, 2.05) is 30.4 Å². The summed E-state index contributed by atoms with van der Waals surface area (Å²) < 4.78 is 0. The Morgan fingerprint density at radius 1 is 1.07 bits per heavy atom. The summed E-state index contributed by atoms with van der Waals surface area (Å²) in [7, 11) is 0. The lowest BCUT2D eigenvalue weighted by molar-refractivity contribution is 0.0955. The Morgan fingerprint density at radius 2 is 1.80 bits per heavy atom. The van der Waals surface area contributed by atoms with E-state index in [0.717, 1.165) is 5.56 Å². The molecule has 1 aromatic rings. The normalized spacial score (nSPS) is 26.6. The molecule has 0 aliphatic heterocycles. The van der Waals surface area contributed by atoms with Crippen molar-refractivity contribution in [3.63, 3.8) is 0 Å². The lowest BCUT2D eigenvalue weighted by Crippen LogP contribution is -2.10. The first-order valence-corrected chi connectivity index (χ1v) is 5.27. The smallest absolute Gasteiger partial charge is 0.170 e. The molecule has 0 saturated carbocycles. The zero-order valence-corrected chi connectivity index (χ0v) is 8.60. The fourth-order valence-corrected chi connectivity index (χ4v) is 2.52. The number of aryl methyl sites for hydroxylation is 1. The average molecular weight is 196 g/mol. The van der Waals surface area contributed by atoms with Gasteiger partial charge in [0.2, 0.25) is 0 Å². The number of fused-ring (bicyclic) bond motifs is 3. The first-order valence-electron chi connectivity index (χ1n) is 5.27. The number of ketones is 1. The monoisotopic (exact) mass is 196 g/mol. The van der Waals surface area contributed by atoms with E-state index < -0.39 is 0 Å². The van der Waals surface area contributed by atoms with E-state index in [1.165, 1.54) is 11.1 Å². The van der Waals surface area contributed by atoms with Crippen LogP contribution >= 0.6 is 0 Å². The van der Waals surface area contributed by atoms with Crippen LogP contribution < -0.4 is 0 Å². The molecule has 1 nitrogen and oxygen atoms in total. The summed E-state index contributed by atoms with van der Waals surface area (Å²) in [6.45, 7) is 2.07. The molecule has 0 fully saturated rings. The summed E-state index contributed by atoms with van der Waals surface area (Å²) in [5.74, 6) is 0.597. The molecule has 0 bridgehead atoms. The van der Waals surface area contributed by atoms with Crippen molar-refractivity contribution in [3.05, 3.63) is 59.2 Å². The van der Waals surface area contributed by atoms with Gasteiger partial charge in [-0.15, -0.1) is 0 Å². The molecule has 74 valence electrons. The fraction of sp³-hybridized carbons (Fsp3) is 0.214. The molecule has 0 saturated heterocycles. The molecule has 0 amide bonds. The third-order valence-electron chi connectivity index (χ3n) is 3.27. The Balaban J connectivity index is 2.21. The van der Waals surface area contributed by atoms with Crippen molar-refractivity contribution < 1.29 is 4.79 Å². The highest BCUT2D eigenvalue weighted by Crippen LogP contribution is 2.41. The van der Waals surface area contributed by atoms with Gasteiger partial charge in [0, 0.05) is 11.5 Å². The van der Waals surface area contributed by atoms with Crippen LogP contribution in [0.25, 0.3) is 0 Å². The zero-order chi connectivity index (χ0) is 10.4. The number of Topliss-reactive ketones (excluding diaryl/α,β-unsaturated/α-hetero) is 1. The van der Waals surface area contributed by atoms with Crippen LogP contribution in [0, 0.1) is 12.8 Å². The summed E-state index contributed by atoms with van der Waals surface area (Å²) in [6.07, 6.45) is 8.15. The van der Waals surface area contributed by atoms with E-state index in [4.69, 9.17) is 0 Å². The maximum absolute atomic E-state index is 12.1. The van der Waals surface area contributed by atoms with Crippen LogP contribution in [0.3, 0.4) is 0 Å². The Kier molecular flexibility index (Phi) is 1.69. The Bertz CT molecular complexity index is 494. The Hall–Kier alpha value is -1.63. The van der Waals surface area contributed by atoms with Gasteiger partial charge in [-0.2, -0.15) is 0 Å². The van der Waals surface area contributed by atoms with Crippen molar-refractivity contribution in [3.8, 4) is 0 Å². The molecule has 1 aromatic carbocycles. The van der Waals surface area contributed by atoms with Crippen molar-refractivity contribution in [2.75, 3.05) is 0 Å². The maximum atomic E-state index is 12.1. The summed E-state index contributed by atoms with van der Waals surface area (Å²) in [5.41, 5.74) is 3.34. The van der Waals surface area contributed by atoms with E-state index in [1.54, 1.807) is 0 Å². The molecule has 3 rings (SSSR count). The maximum Gasteiger partial charge on any atom is 0.170 e. The number of allylic oxidation sites excluding steroid dienone is 4. The van der Waals surface area contributed by atoms with Gasteiger partial charge in [-0.05, 0) is 12.5 Å². The topological polar surface area (TPSA) is 17.1 Å². The van der Waals surface area contributed by atoms with E-state index >= 15 is 0 Å². The number of rotatable bonds is 0. The van der Waals surface area contributed by atoms with Gasteiger partial charge >= 0.3 is 0 Å². The Morgan fingerprint density at radius 3 is 2.60 bits per heavy atom. The predicted octanol–water partition coefficient (Wildman–Crippen LogP) is 3.02. The van der Waals surface area contributed by atoms with Gasteiger partial charge < -0.3 is 0 Å². The number of hydrogen-bond donors (Lipinski definition) is 0. The van der Waals surface area contributed by atoms with E-state index in [9.17, 15) is 4.79 Å². The lowest BCUT2D eigenvalue weighted by atomic mass is 9.88. The molecule has 0 aromatic heterocycles. The molecule has 2 unspecified atom stereocenters. The summed E-state index contributed by atoms with van der Waals surface area (Å²) in [6, 6.07) is 6.12. The molecule has 2 aliphatic carbocycles. The first kappa shape index (κ1) is 8.66. The summed E-state index contributed by atoms with van der Waals surface area (Å²) in [4.78, 5) is 12.1. The second-order valence-corrected chi connectivity index (χ2v) is 4.28. The minimum Gasteiger partial charge on any atom is -0.293 e.